The van der Waals surface area contributed by atoms with E-state index in [0.717, 1.165) is 17.0 Å². The van der Waals surface area contributed by atoms with Crippen molar-refractivity contribution in [1.29, 1.82) is 0 Å². The molecule has 0 radical (unpaired) electrons. The van der Waals surface area contributed by atoms with Gasteiger partial charge in [-0.05, 0) is 19.1 Å². The molecule has 1 aliphatic rings. The number of benzene rings is 1. The van der Waals surface area contributed by atoms with Gasteiger partial charge in [0.1, 0.15) is 0 Å². The number of hydrazone groups is 1. The van der Waals surface area contributed by atoms with Crippen LogP contribution in [0, 0.1) is 0 Å². The standard InChI is InChI=1S/C12H16N4O/c1-8-11(14-15-12(17)13-8)9-4-6-10(7-5-9)16(2)3/h4-8H,1-3H3,(H2,13,15,17). The summed E-state index contributed by atoms with van der Waals surface area (Å²) in [6.07, 6.45) is 0. The number of amides is 2. The molecule has 0 fully saturated rings. The minimum Gasteiger partial charge on any atom is -0.378 e. The summed E-state index contributed by atoms with van der Waals surface area (Å²) in [5.74, 6) is 0. The maximum absolute atomic E-state index is 11.1. The molecule has 0 aliphatic carbocycles. The van der Waals surface area contributed by atoms with Gasteiger partial charge in [-0.15, -0.1) is 0 Å². The van der Waals surface area contributed by atoms with Crippen LogP contribution in [-0.2, 0) is 0 Å². The molecular weight excluding hydrogens is 216 g/mol. The monoisotopic (exact) mass is 232 g/mol. The molecule has 1 atom stereocenters. The van der Waals surface area contributed by atoms with Gasteiger partial charge in [0.25, 0.3) is 0 Å². The zero-order valence-electron chi connectivity index (χ0n) is 10.2. The Morgan fingerprint density at radius 1 is 1.24 bits per heavy atom. The highest BCUT2D eigenvalue weighted by atomic mass is 16.2. The van der Waals surface area contributed by atoms with Crippen molar-refractivity contribution >= 4 is 17.4 Å². The van der Waals surface area contributed by atoms with Crippen LogP contribution in [0.4, 0.5) is 10.5 Å². The minimum absolute atomic E-state index is 0.0750. The number of anilines is 1. The third-order valence-electron chi connectivity index (χ3n) is 2.72. The van der Waals surface area contributed by atoms with E-state index in [9.17, 15) is 4.79 Å². The van der Waals surface area contributed by atoms with E-state index in [4.69, 9.17) is 0 Å². The van der Waals surface area contributed by atoms with E-state index in [1.807, 2.05) is 50.2 Å². The number of hydrogen-bond donors (Lipinski definition) is 2. The number of nitrogens with zero attached hydrogens (tertiary/aromatic N) is 2. The minimum atomic E-state index is -0.258. The van der Waals surface area contributed by atoms with E-state index in [0.29, 0.717) is 0 Å². The highest BCUT2D eigenvalue weighted by molar-refractivity contribution is 6.07. The number of carbonyl (C=O) groups excluding carboxylic acids is 1. The van der Waals surface area contributed by atoms with Gasteiger partial charge in [0.2, 0.25) is 0 Å². The van der Waals surface area contributed by atoms with Crippen molar-refractivity contribution in [2.24, 2.45) is 5.10 Å². The van der Waals surface area contributed by atoms with Crippen molar-refractivity contribution in [2.45, 2.75) is 13.0 Å². The first-order chi connectivity index (χ1) is 8.08. The van der Waals surface area contributed by atoms with Gasteiger partial charge in [-0.2, -0.15) is 5.10 Å². The van der Waals surface area contributed by atoms with Crippen LogP contribution >= 0.6 is 0 Å². The highest BCUT2D eigenvalue weighted by Gasteiger charge is 2.19. The van der Waals surface area contributed by atoms with E-state index in [1.54, 1.807) is 0 Å². The largest absolute Gasteiger partial charge is 0.378 e. The molecule has 1 heterocycles. The molecule has 1 unspecified atom stereocenters. The first-order valence-electron chi connectivity index (χ1n) is 5.50. The molecule has 1 aromatic rings. The van der Waals surface area contributed by atoms with Crippen LogP contribution in [0.5, 0.6) is 0 Å². The zero-order chi connectivity index (χ0) is 12.4. The van der Waals surface area contributed by atoms with Crippen molar-refractivity contribution < 1.29 is 4.79 Å². The molecule has 1 aromatic carbocycles. The predicted molar refractivity (Wildman–Crippen MR) is 68.4 cm³/mol. The second-order valence-corrected chi connectivity index (χ2v) is 4.25. The van der Waals surface area contributed by atoms with Gasteiger partial charge >= 0.3 is 6.03 Å². The number of nitrogens with one attached hydrogen (secondary N) is 2. The first-order valence-corrected chi connectivity index (χ1v) is 5.50. The second kappa shape index (κ2) is 4.45. The summed E-state index contributed by atoms with van der Waals surface area (Å²) in [5, 5.41) is 6.85. The Kier molecular flexibility index (Phi) is 2.99. The molecule has 5 nitrogen and oxygen atoms in total. The van der Waals surface area contributed by atoms with Gasteiger partial charge in [-0.25, -0.2) is 10.2 Å². The normalized spacial score (nSPS) is 19.1. The third kappa shape index (κ3) is 2.38. The molecule has 90 valence electrons. The Bertz CT molecular complexity index is 450. The summed E-state index contributed by atoms with van der Waals surface area (Å²) in [5.41, 5.74) is 5.41. The lowest BCUT2D eigenvalue weighted by molar-refractivity contribution is 0.239. The van der Waals surface area contributed by atoms with Gasteiger partial charge < -0.3 is 10.2 Å². The third-order valence-corrected chi connectivity index (χ3v) is 2.72. The van der Waals surface area contributed by atoms with E-state index in [1.165, 1.54) is 0 Å². The van der Waals surface area contributed by atoms with Crippen LogP contribution in [0.1, 0.15) is 12.5 Å². The summed E-state index contributed by atoms with van der Waals surface area (Å²) >= 11 is 0. The molecule has 0 spiro atoms. The Labute approximate surface area is 101 Å². The van der Waals surface area contributed by atoms with Crippen molar-refractivity contribution in [3.63, 3.8) is 0 Å². The molecule has 0 saturated carbocycles. The summed E-state index contributed by atoms with van der Waals surface area (Å²) in [7, 11) is 4.00. The van der Waals surface area contributed by atoms with E-state index >= 15 is 0 Å². The fourth-order valence-corrected chi connectivity index (χ4v) is 1.75. The van der Waals surface area contributed by atoms with Gasteiger partial charge in [0.15, 0.2) is 0 Å². The summed E-state index contributed by atoms with van der Waals surface area (Å²) in [6, 6.07) is 7.73. The number of carbonyl (C=O) groups is 1. The maximum atomic E-state index is 11.1. The van der Waals surface area contributed by atoms with Crippen molar-refractivity contribution in [3.05, 3.63) is 29.8 Å². The fourth-order valence-electron chi connectivity index (χ4n) is 1.75. The highest BCUT2D eigenvalue weighted by Crippen LogP contribution is 2.14. The average Bonchev–Trinajstić information content (AvgIpc) is 2.29. The molecule has 17 heavy (non-hydrogen) atoms. The Morgan fingerprint density at radius 2 is 1.88 bits per heavy atom. The Hall–Kier alpha value is -2.04. The van der Waals surface area contributed by atoms with E-state index in [-0.39, 0.29) is 12.1 Å². The Balaban J connectivity index is 2.25. The van der Waals surface area contributed by atoms with Gasteiger partial charge in [-0.1, -0.05) is 12.1 Å². The smallest absolute Gasteiger partial charge is 0.335 e. The predicted octanol–water partition coefficient (Wildman–Crippen LogP) is 1.16. The maximum Gasteiger partial charge on any atom is 0.335 e. The van der Waals surface area contributed by atoms with E-state index < -0.39 is 0 Å². The molecule has 0 saturated heterocycles. The van der Waals surface area contributed by atoms with Crippen LogP contribution in [0.25, 0.3) is 0 Å². The van der Waals surface area contributed by atoms with Crippen LogP contribution < -0.4 is 15.6 Å². The summed E-state index contributed by atoms with van der Waals surface area (Å²) in [4.78, 5) is 13.1. The first kappa shape index (κ1) is 11.4. The van der Waals surface area contributed by atoms with Crippen LogP contribution in [-0.4, -0.2) is 31.9 Å². The summed E-state index contributed by atoms with van der Waals surface area (Å²) in [6.45, 7) is 1.91. The SMILES string of the molecule is CC1NC(=O)NN=C1c1ccc(N(C)C)cc1. The lowest BCUT2D eigenvalue weighted by atomic mass is 10.0. The van der Waals surface area contributed by atoms with Crippen LogP contribution in [0.15, 0.2) is 29.4 Å². The molecule has 1 aliphatic heterocycles. The number of rotatable bonds is 2. The number of hydrogen-bond acceptors (Lipinski definition) is 3. The second-order valence-electron chi connectivity index (χ2n) is 4.25. The average molecular weight is 232 g/mol. The fraction of sp³-hybridized carbons (Fsp3) is 0.333. The van der Waals surface area contributed by atoms with Gasteiger partial charge in [0.05, 0.1) is 11.8 Å². The topological polar surface area (TPSA) is 56.7 Å². The lowest BCUT2D eigenvalue weighted by Crippen LogP contribution is -2.48. The molecule has 2 amide bonds. The lowest BCUT2D eigenvalue weighted by Gasteiger charge is -2.21. The quantitative estimate of drug-likeness (QED) is 0.804. The van der Waals surface area contributed by atoms with Crippen LogP contribution in [0.3, 0.4) is 0 Å². The molecule has 0 bridgehead atoms. The molecule has 0 aromatic heterocycles. The zero-order valence-corrected chi connectivity index (χ0v) is 10.2. The van der Waals surface area contributed by atoms with Crippen molar-refractivity contribution in [1.82, 2.24) is 10.7 Å². The number of urea groups is 1. The molecule has 2 N–H and O–H groups in total. The molecule has 2 rings (SSSR count). The van der Waals surface area contributed by atoms with Crippen molar-refractivity contribution in [2.75, 3.05) is 19.0 Å². The molecule has 5 heteroatoms. The van der Waals surface area contributed by atoms with Gasteiger partial charge in [-0.3, -0.25) is 0 Å². The Morgan fingerprint density at radius 3 is 2.41 bits per heavy atom. The van der Waals surface area contributed by atoms with E-state index in [2.05, 4.69) is 15.8 Å². The van der Waals surface area contributed by atoms with Crippen molar-refractivity contribution in [3.8, 4) is 0 Å². The molecular formula is C12H16N4O. The van der Waals surface area contributed by atoms with Crippen LogP contribution in [0.2, 0.25) is 0 Å². The summed E-state index contributed by atoms with van der Waals surface area (Å²) < 4.78 is 0. The van der Waals surface area contributed by atoms with Gasteiger partial charge in [0, 0.05) is 25.3 Å².